The molecule has 1 saturated heterocycles. The number of carbonyl (C=O) groups excluding carboxylic acids is 1. The number of carbonyl (C=O) groups is 2. The maximum Gasteiger partial charge on any atom is 0.490 e. The van der Waals surface area contributed by atoms with Crippen molar-refractivity contribution in [1.82, 2.24) is 20.2 Å². The summed E-state index contributed by atoms with van der Waals surface area (Å²) in [6.07, 6.45) is 2.76. The van der Waals surface area contributed by atoms with Gasteiger partial charge in [0.25, 0.3) is 5.91 Å². The maximum absolute atomic E-state index is 12.1. The average Bonchev–Trinajstić information content (AvgIpc) is 3.38. The number of aliphatic carboxylic acids is 1. The highest BCUT2D eigenvalue weighted by atomic mass is 19.4. The molecule has 0 radical (unpaired) electrons. The standard InChI is InChI=1S/C26H28N4O2.C2HF3O2/c31-26-23-18-25(29-24(23)7-10-28-26)21-6-9-27-22(17-21)5-4-19-2-1-3-20(16-19)8-11-30-12-14-32-15-13-30;3-2(4,5)1(6)7/h1-6,9,16-18,29H,7-8,10-15H2,(H,28,31);(H,6,7). The Labute approximate surface area is 223 Å². The van der Waals surface area contributed by atoms with Crippen molar-refractivity contribution < 1.29 is 32.6 Å². The van der Waals surface area contributed by atoms with Gasteiger partial charge in [0.15, 0.2) is 0 Å². The third-order valence-corrected chi connectivity index (χ3v) is 6.36. The molecular formula is C28H29F3N4O4. The Kier molecular flexibility index (Phi) is 9.15. The van der Waals surface area contributed by atoms with Crippen molar-refractivity contribution in [1.29, 1.82) is 0 Å². The van der Waals surface area contributed by atoms with Gasteiger partial charge < -0.3 is 20.1 Å². The summed E-state index contributed by atoms with van der Waals surface area (Å²) < 4.78 is 37.2. The minimum absolute atomic E-state index is 0.00331. The number of halogens is 3. The number of amides is 1. The number of pyridine rings is 1. The van der Waals surface area contributed by atoms with Crippen LogP contribution in [0.4, 0.5) is 13.2 Å². The summed E-state index contributed by atoms with van der Waals surface area (Å²) in [4.78, 5) is 31.3. The van der Waals surface area contributed by atoms with E-state index in [1.165, 1.54) is 11.1 Å². The molecule has 0 unspecified atom stereocenters. The Bertz CT molecular complexity index is 1330. The Morgan fingerprint density at radius 3 is 2.62 bits per heavy atom. The third kappa shape index (κ3) is 8.01. The fourth-order valence-corrected chi connectivity index (χ4v) is 4.30. The Morgan fingerprint density at radius 2 is 1.90 bits per heavy atom. The molecule has 3 aromatic rings. The van der Waals surface area contributed by atoms with Gasteiger partial charge in [-0.3, -0.25) is 14.7 Å². The lowest BCUT2D eigenvalue weighted by atomic mass is 10.1. The number of fused-ring (bicyclic) bond motifs is 1. The van der Waals surface area contributed by atoms with Crippen molar-refractivity contribution in [2.45, 2.75) is 19.0 Å². The van der Waals surface area contributed by atoms with Gasteiger partial charge in [0.1, 0.15) is 0 Å². The van der Waals surface area contributed by atoms with Crippen LogP contribution in [0.2, 0.25) is 0 Å². The second-order valence-electron chi connectivity index (χ2n) is 9.14. The van der Waals surface area contributed by atoms with Crippen LogP contribution in [0.3, 0.4) is 0 Å². The zero-order valence-corrected chi connectivity index (χ0v) is 21.1. The molecule has 4 heterocycles. The van der Waals surface area contributed by atoms with E-state index in [0.717, 1.165) is 73.9 Å². The molecule has 1 amide bonds. The first-order chi connectivity index (χ1) is 18.7. The fraction of sp³-hybridized carbons (Fsp3) is 0.321. The lowest BCUT2D eigenvalue weighted by Crippen LogP contribution is -2.37. The highest BCUT2D eigenvalue weighted by Crippen LogP contribution is 2.24. The number of carboxylic acid groups (broad SMARTS) is 1. The topological polar surface area (TPSA) is 108 Å². The van der Waals surface area contributed by atoms with Crippen LogP contribution in [0.15, 0.2) is 48.7 Å². The van der Waals surface area contributed by atoms with Crippen LogP contribution >= 0.6 is 0 Å². The van der Waals surface area contributed by atoms with Crippen LogP contribution in [0.1, 0.15) is 32.9 Å². The monoisotopic (exact) mass is 542 g/mol. The van der Waals surface area contributed by atoms with Crippen LogP contribution in [-0.2, 0) is 22.4 Å². The van der Waals surface area contributed by atoms with Crippen molar-refractivity contribution in [3.8, 4) is 11.3 Å². The van der Waals surface area contributed by atoms with Crippen molar-refractivity contribution in [3.05, 3.63) is 76.7 Å². The minimum atomic E-state index is -5.08. The van der Waals surface area contributed by atoms with Gasteiger partial charge in [-0.1, -0.05) is 30.3 Å². The Morgan fingerprint density at radius 1 is 1.13 bits per heavy atom. The second-order valence-corrected chi connectivity index (χ2v) is 9.14. The lowest BCUT2D eigenvalue weighted by Gasteiger charge is -2.26. The number of hydrogen-bond acceptors (Lipinski definition) is 5. The first kappa shape index (κ1) is 28.1. The molecule has 206 valence electrons. The van der Waals surface area contributed by atoms with Crippen molar-refractivity contribution in [2.75, 3.05) is 39.4 Å². The number of rotatable bonds is 6. The molecule has 1 fully saturated rings. The number of benzene rings is 1. The average molecular weight is 543 g/mol. The van der Waals surface area contributed by atoms with E-state index in [2.05, 4.69) is 50.5 Å². The summed E-state index contributed by atoms with van der Waals surface area (Å²) in [7, 11) is 0. The third-order valence-electron chi connectivity index (χ3n) is 6.36. The molecule has 2 aromatic heterocycles. The van der Waals surface area contributed by atoms with E-state index in [9.17, 15) is 18.0 Å². The summed E-state index contributed by atoms with van der Waals surface area (Å²) in [5.41, 5.74) is 7.13. The quantitative estimate of drug-likeness (QED) is 0.434. The number of nitrogens with one attached hydrogen (secondary N) is 2. The summed E-state index contributed by atoms with van der Waals surface area (Å²) in [5.74, 6) is -2.76. The van der Waals surface area contributed by atoms with Crippen LogP contribution in [0.5, 0.6) is 0 Å². The molecule has 0 atom stereocenters. The molecule has 3 N–H and O–H groups in total. The van der Waals surface area contributed by atoms with Gasteiger partial charge in [0.05, 0.1) is 24.5 Å². The van der Waals surface area contributed by atoms with Gasteiger partial charge in [0, 0.05) is 55.7 Å². The molecule has 2 aliphatic heterocycles. The molecule has 1 aromatic carbocycles. The highest BCUT2D eigenvalue weighted by molar-refractivity contribution is 5.97. The first-order valence-corrected chi connectivity index (χ1v) is 12.5. The van der Waals surface area contributed by atoms with Gasteiger partial charge in [0.2, 0.25) is 0 Å². The zero-order chi connectivity index (χ0) is 27.8. The molecule has 0 saturated carbocycles. The fourth-order valence-electron chi connectivity index (χ4n) is 4.30. The number of H-pyrrole nitrogens is 1. The highest BCUT2D eigenvalue weighted by Gasteiger charge is 2.38. The lowest BCUT2D eigenvalue weighted by molar-refractivity contribution is -0.192. The zero-order valence-electron chi connectivity index (χ0n) is 21.1. The largest absolute Gasteiger partial charge is 0.490 e. The van der Waals surface area contributed by atoms with E-state index in [1.54, 1.807) is 0 Å². The molecule has 5 rings (SSSR count). The van der Waals surface area contributed by atoms with Gasteiger partial charge >= 0.3 is 12.1 Å². The second kappa shape index (κ2) is 12.7. The molecule has 11 heteroatoms. The van der Waals surface area contributed by atoms with Gasteiger partial charge in [-0.05, 0) is 41.8 Å². The number of aromatic amines is 1. The molecule has 0 bridgehead atoms. The molecule has 0 spiro atoms. The molecular weight excluding hydrogens is 513 g/mol. The smallest absolute Gasteiger partial charge is 0.475 e. The van der Waals surface area contributed by atoms with Gasteiger partial charge in [-0.2, -0.15) is 13.2 Å². The molecule has 39 heavy (non-hydrogen) atoms. The predicted octanol–water partition coefficient (Wildman–Crippen LogP) is 4.04. The first-order valence-electron chi connectivity index (χ1n) is 12.5. The number of alkyl halides is 3. The number of ether oxygens (including phenoxy) is 1. The van der Waals surface area contributed by atoms with Crippen LogP contribution in [0, 0.1) is 0 Å². The summed E-state index contributed by atoms with van der Waals surface area (Å²) >= 11 is 0. The number of morpholine rings is 1. The number of hydrogen-bond donors (Lipinski definition) is 3. The number of carboxylic acids is 1. The van der Waals surface area contributed by atoms with E-state index in [-0.39, 0.29) is 5.91 Å². The van der Waals surface area contributed by atoms with E-state index < -0.39 is 12.1 Å². The summed E-state index contributed by atoms with van der Waals surface area (Å²) in [6.45, 7) is 5.48. The SMILES string of the molecule is O=C(O)C(F)(F)F.O=C1NCCc2[nH]c(-c3ccnc(C=Cc4cccc(CCN5CCOCC5)c4)c3)cc21. The van der Waals surface area contributed by atoms with E-state index >= 15 is 0 Å². The predicted molar refractivity (Wildman–Crippen MR) is 140 cm³/mol. The van der Waals surface area contributed by atoms with Crippen molar-refractivity contribution >= 4 is 24.0 Å². The Balaban J connectivity index is 0.000000448. The normalized spacial score (nSPS) is 15.8. The van der Waals surface area contributed by atoms with Gasteiger partial charge in [-0.15, -0.1) is 0 Å². The van der Waals surface area contributed by atoms with Crippen LogP contribution in [-0.4, -0.2) is 77.4 Å². The van der Waals surface area contributed by atoms with Crippen LogP contribution in [0.25, 0.3) is 23.4 Å². The van der Waals surface area contributed by atoms with Crippen LogP contribution < -0.4 is 5.32 Å². The minimum Gasteiger partial charge on any atom is -0.475 e. The van der Waals surface area contributed by atoms with E-state index in [1.807, 2.05) is 30.5 Å². The molecule has 0 aliphatic carbocycles. The molecule has 2 aliphatic rings. The molecule has 8 nitrogen and oxygen atoms in total. The van der Waals surface area contributed by atoms with Crippen molar-refractivity contribution in [2.24, 2.45) is 0 Å². The number of aromatic nitrogens is 2. The maximum atomic E-state index is 12.1. The summed E-state index contributed by atoms with van der Waals surface area (Å²) in [6, 6.07) is 14.6. The van der Waals surface area contributed by atoms with Gasteiger partial charge in [-0.25, -0.2) is 4.79 Å². The number of nitrogens with zero attached hydrogens (tertiary/aromatic N) is 2. The van der Waals surface area contributed by atoms with E-state index in [4.69, 9.17) is 14.6 Å². The summed E-state index contributed by atoms with van der Waals surface area (Å²) in [5, 5.41) is 10.0. The Hall–Kier alpha value is -3.96. The van der Waals surface area contributed by atoms with E-state index in [0.29, 0.717) is 6.54 Å². The van der Waals surface area contributed by atoms with Crippen molar-refractivity contribution in [3.63, 3.8) is 0 Å².